The highest BCUT2D eigenvalue weighted by atomic mass is 35.5. The minimum absolute atomic E-state index is 0.726. The van der Waals surface area contributed by atoms with Crippen molar-refractivity contribution in [2.24, 2.45) is 0 Å². The quantitative estimate of drug-likeness (QED) is 0.726. The molecule has 0 unspecified atom stereocenters. The molecule has 4 heteroatoms. The van der Waals surface area contributed by atoms with E-state index in [4.69, 9.17) is 11.6 Å². The minimum Gasteiger partial charge on any atom is -0.354 e. The number of hydrogen-bond donors (Lipinski definition) is 0. The van der Waals surface area contributed by atoms with Crippen LogP contribution in [-0.2, 0) is 0 Å². The van der Waals surface area contributed by atoms with E-state index < -0.39 is 0 Å². The fourth-order valence-corrected chi connectivity index (χ4v) is 2.10. The molecule has 0 radical (unpaired) electrons. The predicted octanol–water partition coefficient (Wildman–Crippen LogP) is 1.44. The normalized spacial score (nSPS) is 18.1. The summed E-state index contributed by atoms with van der Waals surface area (Å²) in [7, 11) is 0. The van der Waals surface area contributed by atoms with Crippen LogP contribution >= 0.6 is 11.6 Å². The van der Waals surface area contributed by atoms with Crippen molar-refractivity contribution in [1.29, 1.82) is 0 Å². The van der Waals surface area contributed by atoms with Gasteiger partial charge < -0.3 is 4.90 Å². The average Bonchev–Trinajstić information content (AvgIpc) is 2.32. The van der Waals surface area contributed by atoms with Crippen LogP contribution in [0.2, 0.25) is 0 Å². The lowest BCUT2D eigenvalue weighted by atomic mass is 10.3. The van der Waals surface area contributed by atoms with Crippen molar-refractivity contribution in [3.63, 3.8) is 0 Å². The summed E-state index contributed by atoms with van der Waals surface area (Å²) in [5.41, 5.74) is 0. The molecule has 1 aromatic heterocycles. The van der Waals surface area contributed by atoms with Gasteiger partial charge in [0.2, 0.25) is 0 Å². The third-order valence-electron chi connectivity index (χ3n) is 2.75. The van der Waals surface area contributed by atoms with E-state index in [-0.39, 0.29) is 0 Å². The Labute approximate surface area is 95.7 Å². The van der Waals surface area contributed by atoms with Gasteiger partial charge in [0, 0.05) is 44.8 Å². The van der Waals surface area contributed by atoms with Gasteiger partial charge in [0.05, 0.1) is 0 Å². The Hall–Kier alpha value is -0.800. The summed E-state index contributed by atoms with van der Waals surface area (Å²) in [5.74, 6) is 1.81. The van der Waals surface area contributed by atoms with Gasteiger partial charge >= 0.3 is 0 Å². The molecule has 1 saturated heterocycles. The molecule has 0 N–H and O–H groups in total. The van der Waals surface area contributed by atoms with Crippen molar-refractivity contribution in [2.75, 3.05) is 43.5 Å². The molecule has 2 heterocycles. The average molecular weight is 226 g/mol. The Morgan fingerprint density at radius 1 is 1.20 bits per heavy atom. The van der Waals surface area contributed by atoms with Gasteiger partial charge in [0.15, 0.2) is 0 Å². The molecule has 1 aliphatic heterocycles. The number of pyridine rings is 1. The van der Waals surface area contributed by atoms with Crippen molar-refractivity contribution in [3.05, 3.63) is 24.4 Å². The first-order chi connectivity index (χ1) is 7.40. The van der Waals surface area contributed by atoms with Crippen LogP contribution in [0.5, 0.6) is 0 Å². The van der Waals surface area contributed by atoms with Crippen LogP contribution in [0.15, 0.2) is 24.4 Å². The van der Waals surface area contributed by atoms with E-state index in [1.807, 2.05) is 18.3 Å². The van der Waals surface area contributed by atoms with Gasteiger partial charge in [-0.25, -0.2) is 4.98 Å². The lowest BCUT2D eigenvalue weighted by Gasteiger charge is -2.34. The van der Waals surface area contributed by atoms with Crippen LogP contribution in [0.25, 0.3) is 0 Å². The number of halogens is 1. The van der Waals surface area contributed by atoms with Crippen LogP contribution in [0, 0.1) is 0 Å². The van der Waals surface area contributed by atoms with Crippen LogP contribution in [0.3, 0.4) is 0 Å². The second kappa shape index (κ2) is 5.33. The topological polar surface area (TPSA) is 19.4 Å². The monoisotopic (exact) mass is 225 g/mol. The zero-order valence-electron chi connectivity index (χ0n) is 8.77. The van der Waals surface area contributed by atoms with Crippen LogP contribution in [0.1, 0.15) is 0 Å². The molecule has 3 nitrogen and oxygen atoms in total. The van der Waals surface area contributed by atoms with Gasteiger partial charge in [-0.3, -0.25) is 4.90 Å². The Morgan fingerprint density at radius 3 is 2.60 bits per heavy atom. The molecule has 0 saturated carbocycles. The number of hydrogen-bond acceptors (Lipinski definition) is 3. The second-order valence-corrected chi connectivity index (χ2v) is 4.08. The fraction of sp³-hybridized carbons (Fsp3) is 0.545. The maximum Gasteiger partial charge on any atom is 0.128 e. The molecular formula is C11H16ClN3. The third-order valence-corrected chi connectivity index (χ3v) is 2.92. The van der Waals surface area contributed by atoms with E-state index in [1.165, 1.54) is 0 Å². The summed E-state index contributed by atoms with van der Waals surface area (Å²) in [4.78, 5) is 9.07. The molecule has 1 aliphatic rings. The molecule has 0 atom stereocenters. The Bertz CT molecular complexity index is 283. The molecule has 0 aliphatic carbocycles. The number of anilines is 1. The van der Waals surface area contributed by atoms with Crippen LogP contribution in [0.4, 0.5) is 5.82 Å². The van der Waals surface area contributed by atoms with Crippen LogP contribution in [-0.4, -0.2) is 48.5 Å². The van der Waals surface area contributed by atoms with Gasteiger partial charge in [0.1, 0.15) is 5.82 Å². The predicted molar refractivity (Wildman–Crippen MR) is 63.6 cm³/mol. The number of aromatic nitrogens is 1. The van der Waals surface area contributed by atoms with Crippen LogP contribution < -0.4 is 4.90 Å². The minimum atomic E-state index is 0.726. The van der Waals surface area contributed by atoms with E-state index in [9.17, 15) is 0 Å². The van der Waals surface area contributed by atoms with Crippen molar-refractivity contribution in [1.82, 2.24) is 9.88 Å². The largest absolute Gasteiger partial charge is 0.354 e. The lowest BCUT2D eigenvalue weighted by Crippen LogP contribution is -2.47. The second-order valence-electron chi connectivity index (χ2n) is 3.71. The zero-order valence-corrected chi connectivity index (χ0v) is 9.53. The first kappa shape index (κ1) is 10.7. The Balaban J connectivity index is 1.88. The number of piperazine rings is 1. The highest BCUT2D eigenvalue weighted by Crippen LogP contribution is 2.12. The molecule has 1 fully saturated rings. The van der Waals surface area contributed by atoms with Crippen molar-refractivity contribution < 1.29 is 0 Å². The van der Waals surface area contributed by atoms with Crippen molar-refractivity contribution in [2.45, 2.75) is 0 Å². The van der Waals surface area contributed by atoms with E-state index >= 15 is 0 Å². The summed E-state index contributed by atoms with van der Waals surface area (Å²) in [5, 5.41) is 0. The molecule has 0 spiro atoms. The zero-order chi connectivity index (χ0) is 10.5. The molecule has 15 heavy (non-hydrogen) atoms. The van der Waals surface area contributed by atoms with E-state index in [2.05, 4.69) is 20.9 Å². The van der Waals surface area contributed by atoms with Gasteiger partial charge in [-0.1, -0.05) is 6.07 Å². The first-order valence-electron chi connectivity index (χ1n) is 5.34. The van der Waals surface area contributed by atoms with Crippen molar-refractivity contribution in [3.8, 4) is 0 Å². The standard InChI is InChI=1S/C11H16ClN3/c12-4-6-14-7-9-15(10-8-14)11-3-1-2-5-13-11/h1-3,5H,4,6-10H2. The molecule has 0 bridgehead atoms. The Kier molecular flexibility index (Phi) is 3.80. The van der Waals surface area contributed by atoms with Gasteiger partial charge in [-0.05, 0) is 12.1 Å². The SMILES string of the molecule is ClCCN1CCN(c2ccccn2)CC1. The number of nitrogens with zero attached hydrogens (tertiary/aromatic N) is 3. The van der Waals surface area contributed by atoms with Gasteiger partial charge in [0.25, 0.3) is 0 Å². The molecule has 82 valence electrons. The number of rotatable bonds is 3. The Morgan fingerprint density at radius 2 is 2.00 bits per heavy atom. The maximum atomic E-state index is 5.72. The first-order valence-corrected chi connectivity index (χ1v) is 5.88. The summed E-state index contributed by atoms with van der Waals surface area (Å²) < 4.78 is 0. The fourth-order valence-electron chi connectivity index (χ4n) is 1.86. The molecule has 2 rings (SSSR count). The molecule has 0 amide bonds. The molecule has 0 aromatic carbocycles. The van der Waals surface area contributed by atoms with Crippen molar-refractivity contribution >= 4 is 17.4 Å². The van der Waals surface area contributed by atoms with E-state index in [0.29, 0.717) is 0 Å². The molecular weight excluding hydrogens is 210 g/mol. The highest BCUT2D eigenvalue weighted by molar-refractivity contribution is 6.18. The summed E-state index contributed by atoms with van der Waals surface area (Å²) in [6, 6.07) is 6.05. The lowest BCUT2D eigenvalue weighted by molar-refractivity contribution is 0.272. The van der Waals surface area contributed by atoms with Gasteiger partial charge in [-0.2, -0.15) is 0 Å². The summed E-state index contributed by atoms with van der Waals surface area (Å²) in [6.07, 6.45) is 1.85. The molecule has 1 aromatic rings. The van der Waals surface area contributed by atoms with E-state index in [1.54, 1.807) is 0 Å². The summed E-state index contributed by atoms with van der Waals surface area (Å²) in [6.45, 7) is 5.27. The maximum absolute atomic E-state index is 5.72. The van der Waals surface area contributed by atoms with E-state index in [0.717, 1.165) is 44.4 Å². The smallest absolute Gasteiger partial charge is 0.128 e. The number of alkyl halides is 1. The third kappa shape index (κ3) is 2.83. The highest BCUT2D eigenvalue weighted by Gasteiger charge is 2.16. The van der Waals surface area contributed by atoms with Gasteiger partial charge in [-0.15, -0.1) is 11.6 Å². The summed E-state index contributed by atoms with van der Waals surface area (Å²) >= 11 is 5.72.